The molecule has 0 aromatic heterocycles. The van der Waals surface area contributed by atoms with Crippen LogP contribution in [-0.2, 0) is 9.53 Å². The number of hydrogen-bond acceptors (Lipinski definition) is 3. The molecule has 0 spiro atoms. The zero-order valence-electron chi connectivity index (χ0n) is 12.4. The average molecular weight is 243 g/mol. The summed E-state index contributed by atoms with van der Waals surface area (Å²) < 4.78 is 5.48. The largest absolute Gasteiger partial charge is 0.371 e. The molecular formula is C14H29NO2. The quantitative estimate of drug-likeness (QED) is 0.623. The maximum Gasteiger partial charge on any atom is 0.178 e. The topological polar surface area (TPSA) is 29.5 Å². The van der Waals surface area contributed by atoms with E-state index in [2.05, 4.69) is 32.6 Å². The maximum atomic E-state index is 12.4. The van der Waals surface area contributed by atoms with Crippen LogP contribution in [0, 0.1) is 0 Å². The fourth-order valence-corrected chi connectivity index (χ4v) is 2.47. The molecule has 0 fully saturated rings. The molecule has 102 valence electrons. The van der Waals surface area contributed by atoms with E-state index in [4.69, 9.17) is 4.74 Å². The van der Waals surface area contributed by atoms with Crippen LogP contribution in [0.4, 0.5) is 0 Å². The average Bonchev–Trinajstić information content (AvgIpc) is 2.33. The second-order valence-electron chi connectivity index (χ2n) is 4.69. The molecule has 0 saturated heterocycles. The van der Waals surface area contributed by atoms with Crippen LogP contribution in [-0.4, -0.2) is 42.0 Å². The van der Waals surface area contributed by atoms with Gasteiger partial charge in [-0.2, -0.15) is 0 Å². The number of carbonyl (C=O) groups excluding carboxylic acids is 1. The van der Waals surface area contributed by atoms with Crippen molar-refractivity contribution in [2.24, 2.45) is 0 Å². The first-order chi connectivity index (χ1) is 7.98. The van der Waals surface area contributed by atoms with Crippen LogP contribution in [0.25, 0.3) is 0 Å². The van der Waals surface area contributed by atoms with Crippen LogP contribution in [0.3, 0.4) is 0 Å². The fraction of sp³-hybridized carbons (Fsp3) is 0.929. The van der Waals surface area contributed by atoms with E-state index in [1.54, 1.807) is 0 Å². The summed E-state index contributed by atoms with van der Waals surface area (Å²) in [5.41, 5.74) is -0.335. The molecule has 0 amide bonds. The molecule has 3 heteroatoms. The van der Waals surface area contributed by atoms with Gasteiger partial charge in [-0.15, -0.1) is 0 Å². The van der Waals surface area contributed by atoms with Crippen LogP contribution in [0.5, 0.6) is 0 Å². The van der Waals surface area contributed by atoms with Gasteiger partial charge < -0.3 is 4.74 Å². The van der Waals surface area contributed by atoms with Gasteiger partial charge in [0.2, 0.25) is 0 Å². The van der Waals surface area contributed by atoms with Crippen molar-refractivity contribution < 1.29 is 9.53 Å². The summed E-state index contributed by atoms with van der Waals surface area (Å²) in [5.74, 6) is 0.222. The number of nitrogens with zero attached hydrogens (tertiary/aromatic N) is 1. The molecule has 17 heavy (non-hydrogen) atoms. The first-order valence-electron chi connectivity index (χ1n) is 6.88. The molecule has 3 nitrogen and oxygen atoms in total. The number of hydrogen-bond donors (Lipinski definition) is 0. The Hall–Kier alpha value is -0.410. The summed E-state index contributed by atoms with van der Waals surface area (Å²) in [4.78, 5) is 14.7. The van der Waals surface area contributed by atoms with Crippen LogP contribution in [0.2, 0.25) is 0 Å². The molecule has 0 radical (unpaired) electrons. The summed E-state index contributed by atoms with van der Waals surface area (Å²) in [6.45, 7) is 14.4. The molecule has 0 atom stereocenters. The van der Waals surface area contributed by atoms with Gasteiger partial charge in [0, 0.05) is 0 Å². The van der Waals surface area contributed by atoms with Gasteiger partial charge in [-0.25, -0.2) is 0 Å². The number of ketones is 1. The molecule has 0 rings (SSSR count). The van der Waals surface area contributed by atoms with Gasteiger partial charge in [-0.05, 0) is 39.8 Å². The number of likely N-dealkylation sites (N-methyl/N-ethyl adjacent to an activating group) is 1. The maximum absolute atomic E-state index is 12.4. The lowest BCUT2D eigenvalue weighted by molar-refractivity contribution is -0.138. The molecule has 0 unspecified atom stereocenters. The van der Waals surface area contributed by atoms with Crippen LogP contribution in [0.1, 0.15) is 54.4 Å². The Bertz CT molecular complexity index is 218. The highest BCUT2D eigenvalue weighted by molar-refractivity contribution is 5.89. The van der Waals surface area contributed by atoms with Gasteiger partial charge in [0.15, 0.2) is 5.78 Å². The zero-order valence-corrected chi connectivity index (χ0v) is 12.4. The second kappa shape index (κ2) is 7.83. The van der Waals surface area contributed by atoms with Crippen LogP contribution >= 0.6 is 0 Å². The molecule has 0 aromatic carbocycles. The van der Waals surface area contributed by atoms with Crippen molar-refractivity contribution in [2.45, 2.75) is 66.0 Å². The van der Waals surface area contributed by atoms with Gasteiger partial charge in [-0.1, -0.05) is 27.7 Å². The summed E-state index contributed by atoms with van der Waals surface area (Å²) in [5, 5.41) is 0. The van der Waals surface area contributed by atoms with Crippen molar-refractivity contribution in [1.29, 1.82) is 0 Å². The second-order valence-corrected chi connectivity index (χ2v) is 4.69. The van der Waals surface area contributed by atoms with Crippen molar-refractivity contribution in [1.82, 2.24) is 4.90 Å². The highest BCUT2D eigenvalue weighted by Crippen LogP contribution is 2.25. The third-order valence-electron chi connectivity index (χ3n) is 3.61. The summed E-state index contributed by atoms with van der Waals surface area (Å²) in [6, 6.07) is 0. The van der Waals surface area contributed by atoms with Crippen molar-refractivity contribution in [3.8, 4) is 0 Å². The Kier molecular flexibility index (Phi) is 7.64. The van der Waals surface area contributed by atoms with E-state index in [9.17, 15) is 4.79 Å². The van der Waals surface area contributed by atoms with Crippen molar-refractivity contribution in [2.75, 3.05) is 19.7 Å². The Labute approximate surface area is 107 Å². The van der Waals surface area contributed by atoms with Crippen molar-refractivity contribution in [3.05, 3.63) is 0 Å². The van der Waals surface area contributed by atoms with Crippen molar-refractivity contribution >= 4 is 5.78 Å². The van der Waals surface area contributed by atoms with E-state index in [0.29, 0.717) is 0 Å². The van der Waals surface area contributed by atoms with Gasteiger partial charge >= 0.3 is 0 Å². The Morgan fingerprint density at radius 1 is 1.12 bits per heavy atom. The lowest BCUT2D eigenvalue weighted by Crippen LogP contribution is -2.55. The fourth-order valence-electron chi connectivity index (χ4n) is 2.47. The Morgan fingerprint density at radius 2 is 1.59 bits per heavy atom. The third-order valence-corrected chi connectivity index (χ3v) is 3.61. The number of Topliss-reactive ketones (excluding diaryl/α,β-unsaturated/α-hetero) is 1. The van der Waals surface area contributed by atoms with E-state index in [1.807, 2.05) is 13.8 Å². The third kappa shape index (κ3) is 4.07. The smallest absolute Gasteiger partial charge is 0.178 e. The predicted molar refractivity (Wildman–Crippen MR) is 72.3 cm³/mol. The van der Waals surface area contributed by atoms with E-state index >= 15 is 0 Å². The first-order valence-corrected chi connectivity index (χ1v) is 6.88. The van der Waals surface area contributed by atoms with Crippen molar-refractivity contribution in [3.63, 3.8) is 0 Å². The number of carbonyl (C=O) groups is 1. The van der Waals surface area contributed by atoms with Crippen LogP contribution < -0.4 is 0 Å². The molecule has 0 aliphatic carbocycles. The minimum atomic E-state index is -0.335. The summed E-state index contributed by atoms with van der Waals surface area (Å²) in [6.07, 6.45) is 1.82. The lowest BCUT2D eigenvalue weighted by Gasteiger charge is -2.41. The first kappa shape index (κ1) is 16.6. The molecule has 0 bridgehead atoms. The van der Waals surface area contributed by atoms with E-state index in [1.165, 1.54) is 0 Å². The van der Waals surface area contributed by atoms with E-state index < -0.39 is 0 Å². The van der Waals surface area contributed by atoms with Gasteiger partial charge in [0.05, 0.1) is 11.6 Å². The highest BCUT2D eigenvalue weighted by Gasteiger charge is 2.38. The molecule has 0 N–H and O–H groups in total. The van der Waals surface area contributed by atoms with Gasteiger partial charge in [0.25, 0.3) is 0 Å². The van der Waals surface area contributed by atoms with Gasteiger partial charge in [0.1, 0.15) is 6.61 Å². The Morgan fingerprint density at radius 3 is 1.88 bits per heavy atom. The monoisotopic (exact) mass is 243 g/mol. The summed E-state index contributed by atoms with van der Waals surface area (Å²) in [7, 11) is 0. The van der Waals surface area contributed by atoms with E-state index in [-0.39, 0.29) is 24.0 Å². The standard InChI is InChI=1S/C14H29NO2/c1-7-14(8-2,15(9-3)10-4)13(16)11-17-12(5)6/h12H,7-11H2,1-6H3. The molecule has 0 aromatic rings. The SMILES string of the molecule is CCN(CC)C(CC)(CC)C(=O)COC(C)C. The summed E-state index contributed by atoms with van der Waals surface area (Å²) >= 11 is 0. The van der Waals surface area contributed by atoms with E-state index in [0.717, 1.165) is 25.9 Å². The number of rotatable bonds is 9. The zero-order chi connectivity index (χ0) is 13.5. The van der Waals surface area contributed by atoms with Gasteiger partial charge in [-0.3, -0.25) is 9.69 Å². The molecule has 0 heterocycles. The van der Waals surface area contributed by atoms with Crippen LogP contribution in [0.15, 0.2) is 0 Å². The minimum absolute atomic E-state index is 0.113. The molecule has 0 saturated carbocycles. The highest BCUT2D eigenvalue weighted by atomic mass is 16.5. The molecular weight excluding hydrogens is 214 g/mol. The Balaban J connectivity index is 4.85. The molecule has 0 aliphatic rings. The number of ether oxygens (including phenoxy) is 1. The normalized spacial score (nSPS) is 12.5. The predicted octanol–water partition coefficient (Wildman–Crippen LogP) is 2.88. The molecule has 0 aliphatic heterocycles. The minimum Gasteiger partial charge on any atom is -0.371 e. The lowest BCUT2D eigenvalue weighted by atomic mass is 9.86.